The van der Waals surface area contributed by atoms with E-state index in [9.17, 15) is 4.79 Å². The Kier molecular flexibility index (Phi) is 5.06. The van der Waals surface area contributed by atoms with Gasteiger partial charge in [0.05, 0.1) is 11.2 Å². The first-order valence-electron chi connectivity index (χ1n) is 8.13. The largest absolute Gasteiger partial charge is 0.386 e. The molecule has 4 heteroatoms. The number of hydrogen-bond donors (Lipinski definition) is 2. The van der Waals surface area contributed by atoms with Crippen LogP contribution in [0.5, 0.6) is 0 Å². The third kappa shape index (κ3) is 3.71. The molecule has 0 saturated carbocycles. The molecule has 3 rings (SSSR count). The van der Waals surface area contributed by atoms with E-state index >= 15 is 0 Å². The number of nitrogens with one attached hydrogen (secondary N) is 2. The molecule has 0 unspecified atom stereocenters. The zero-order valence-corrected chi connectivity index (χ0v) is 13.8. The zero-order chi connectivity index (χ0) is 16.8. The van der Waals surface area contributed by atoms with Crippen molar-refractivity contribution in [1.82, 2.24) is 10.3 Å². The summed E-state index contributed by atoms with van der Waals surface area (Å²) in [6, 6.07) is 18.1. The normalized spacial score (nSPS) is 10.5. The van der Waals surface area contributed by atoms with Gasteiger partial charge in [0.1, 0.15) is 0 Å². The molecule has 0 aliphatic carbocycles. The van der Waals surface area contributed by atoms with E-state index in [1.165, 1.54) is 5.56 Å². The molecule has 122 valence electrons. The maximum Gasteiger partial charge on any atom is 0.220 e. The molecule has 24 heavy (non-hydrogen) atoms. The zero-order valence-electron chi connectivity index (χ0n) is 13.8. The Balaban J connectivity index is 1.64. The minimum atomic E-state index is 0.0635. The Morgan fingerprint density at radius 2 is 1.88 bits per heavy atom. The maximum atomic E-state index is 12.1. The number of carbonyl (C=O) groups is 1. The summed E-state index contributed by atoms with van der Waals surface area (Å²) < 4.78 is 0. The number of carbonyl (C=O) groups excluding carboxylic acids is 1. The van der Waals surface area contributed by atoms with Crippen molar-refractivity contribution >= 4 is 22.5 Å². The lowest BCUT2D eigenvalue weighted by atomic mass is 10.1. The average Bonchev–Trinajstić information content (AvgIpc) is 2.65. The summed E-state index contributed by atoms with van der Waals surface area (Å²) in [5.41, 5.74) is 4.17. The predicted molar refractivity (Wildman–Crippen MR) is 97.9 cm³/mol. The molecule has 0 spiro atoms. The molecule has 3 aromatic rings. The molecular weight excluding hydrogens is 298 g/mol. The van der Waals surface area contributed by atoms with Crippen LogP contribution < -0.4 is 10.6 Å². The van der Waals surface area contributed by atoms with E-state index in [1.807, 2.05) is 61.6 Å². The minimum Gasteiger partial charge on any atom is -0.386 e. The van der Waals surface area contributed by atoms with Crippen molar-refractivity contribution in [2.45, 2.75) is 19.4 Å². The number of amides is 1. The third-order valence-electron chi connectivity index (χ3n) is 4.09. The molecule has 2 N–H and O–H groups in total. The topological polar surface area (TPSA) is 54.0 Å². The molecule has 0 radical (unpaired) electrons. The quantitative estimate of drug-likeness (QED) is 0.731. The second kappa shape index (κ2) is 7.59. The van der Waals surface area contributed by atoms with Gasteiger partial charge in [-0.15, -0.1) is 0 Å². The van der Waals surface area contributed by atoms with Gasteiger partial charge in [-0.05, 0) is 29.7 Å². The summed E-state index contributed by atoms with van der Waals surface area (Å²) in [6.07, 6.45) is 3.04. The summed E-state index contributed by atoms with van der Waals surface area (Å²) in [5.74, 6) is 0.0635. The van der Waals surface area contributed by atoms with Gasteiger partial charge in [-0.2, -0.15) is 0 Å². The van der Waals surface area contributed by atoms with Crippen LogP contribution in [0.2, 0.25) is 0 Å². The summed E-state index contributed by atoms with van der Waals surface area (Å²) in [4.78, 5) is 16.6. The molecule has 0 fully saturated rings. The van der Waals surface area contributed by atoms with E-state index in [-0.39, 0.29) is 5.91 Å². The van der Waals surface area contributed by atoms with Crippen molar-refractivity contribution in [3.8, 4) is 0 Å². The number of fused-ring (bicyclic) bond motifs is 1. The predicted octanol–water partition coefficient (Wildman–Crippen LogP) is 3.53. The van der Waals surface area contributed by atoms with Gasteiger partial charge in [0.2, 0.25) is 5.91 Å². The lowest BCUT2D eigenvalue weighted by Crippen LogP contribution is -2.23. The van der Waals surface area contributed by atoms with Gasteiger partial charge in [0.25, 0.3) is 0 Å². The fourth-order valence-electron chi connectivity index (χ4n) is 2.77. The van der Waals surface area contributed by atoms with E-state index in [0.29, 0.717) is 13.0 Å². The molecule has 0 aliphatic heterocycles. The first-order valence-corrected chi connectivity index (χ1v) is 8.13. The van der Waals surface area contributed by atoms with E-state index in [1.54, 1.807) is 6.20 Å². The first-order chi connectivity index (χ1) is 11.8. The maximum absolute atomic E-state index is 12.1. The van der Waals surface area contributed by atoms with Gasteiger partial charge < -0.3 is 10.6 Å². The summed E-state index contributed by atoms with van der Waals surface area (Å²) in [6.45, 7) is 0.514. The minimum absolute atomic E-state index is 0.0635. The molecule has 0 aliphatic rings. The van der Waals surface area contributed by atoms with Crippen molar-refractivity contribution in [1.29, 1.82) is 0 Å². The second-order valence-electron chi connectivity index (χ2n) is 5.68. The summed E-state index contributed by atoms with van der Waals surface area (Å²) in [7, 11) is 1.88. The SMILES string of the molecule is CNc1cccc2c(CNC(=O)CCc3ccccc3)ccnc12. The summed E-state index contributed by atoms with van der Waals surface area (Å²) in [5, 5.41) is 7.23. The molecule has 4 nitrogen and oxygen atoms in total. The highest BCUT2D eigenvalue weighted by Crippen LogP contribution is 2.23. The number of benzene rings is 2. The molecule has 0 saturated heterocycles. The standard InChI is InChI=1S/C20H21N3O/c1-21-18-9-5-8-17-16(12-13-22-20(17)18)14-23-19(24)11-10-15-6-3-2-4-7-15/h2-9,12-13,21H,10-11,14H2,1H3,(H,23,24). The molecular formula is C20H21N3O. The lowest BCUT2D eigenvalue weighted by molar-refractivity contribution is -0.121. The molecule has 1 aromatic heterocycles. The number of anilines is 1. The smallest absolute Gasteiger partial charge is 0.220 e. The molecule has 0 atom stereocenters. The van der Waals surface area contributed by atoms with Gasteiger partial charge >= 0.3 is 0 Å². The van der Waals surface area contributed by atoms with Crippen LogP contribution in [-0.4, -0.2) is 17.9 Å². The number of hydrogen-bond acceptors (Lipinski definition) is 3. The highest BCUT2D eigenvalue weighted by Gasteiger charge is 2.07. The molecule has 1 heterocycles. The monoisotopic (exact) mass is 319 g/mol. The van der Waals surface area contributed by atoms with E-state index in [4.69, 9.17) is 0 Å². The number of nitrogens with zero attached hydrogens (tertiary/aromatic N) is 1. The van der Waals surface area contributed by atoms with Crippen LogP contribution in [0.1, 0.15) is 17.5 Å². The van der Waals surface area contributed by atoms with Crippen molar-refractivity contribution < 1.29 is 4.79 Å². The Labute approximate surface area is 141 Å². The fourth-order valence-corrected chi connectivity index (χ4v) is 2.77. The van der Waals surface area contributed by atoms with Crippen LogP contribution in [-0.2, 0) is 17.8 Å². The van der Waals surface area contributed by atoms with Crippen molar-refractivity contribution in [3.05, 3.63) is 71.9 Å². The molecule has 0 bridgehead atoms. The fraction of sp³-hybridized carbons (Fsp3) is 0.200. The van der Waals surface area contributed by atoms with Crippen LogP contribution in [0.15, 0.2) is 60.8 Å². The van der Waals surface area contributed by atoms with Gasteiger partial charge in [-0.25, -0.2) is 0 Å². The Morgan fingerprint density at radius 1 is 1.04 bits per heavy atom. The number of para-hydroxylation sites is 1. The van der Waals surface area contributed by atoms with Crippen LogP contribution in [0, 0.1) is 0 Å². The number of aromatic nitrogens is 1. The number of rotatable bonds is 6. The average molecular weight is 319 g/mol. The van der Waals surface area contributed by atoms with Crippen molar-refractivity contribution in [3.63, 3.8) is 0 Å². The molecule has 2 aromatic carbocycles. The van der Waals surface area contributed by atoms with E-state index < -0.39 is 0 Å². The lowest BCUT2D eigenvalue weighted by Gasteiger charge is -2.10. The third-order valence-corrected chi connectivity index (χ3v) is 4.09. The van der Waals surface area contributed by atoms with E-state index in [2.05, 4.69) is 15.6 Å². The highest BCUT2D eigenvalue weighted by molar-refractivity contribution is 5.92. The van der Waals surface area contributed by atoms with Crippen molar-refractivity contribution in [2.24, 2.45) is 0 Å². The van der Waals surface area contributed by atoms with Crippen LogP contribution in [0.3, 0.4) is 0 Å². The number of aryl methyl sites for hydroxylation is 1. The highest BCUT2D eigenvalue weighted by atomic mass is 16.1. The second-order valence-corrected chi connectivity index (χ2v) is 5.68. The molecule has 1 amide bonds. The Bertz CT molecular complexity index is 831. The van der Waals surface area contributed by atoms with Gasteiger partial charge in [-0.1, -0.05) is 42.5 Å². The van der Waals surface area contributed by atoms with E-state index in [0.717, 1.165) is 28.6 Å². The Morgan fingerprint density at radius 3 is 2.67 bits per heavy atom. The number of pyridine rings is 1. The van der Waals surface area contributed by atoms with Gasteiger partial charge in [0, 0.05) is 31.6 Å². The Hall–Kier alpha value is -2.88. The van der Waals surface area contributed by atoms with Gasteiger partial charge in [0.15, 0.2) is 0 Å². The summed E-state index contributed by atoms with van der Waals surface area (Å²) >= 11 is 0. The van der Waals surface area contributed by atoms with Crippen LogP contribution in [0.4, 0.5) is 5.69 Å². The van der Waals surface area contributed by atoms with Crippen LogP contribution in [0.25, 0.3) is 10.9 Å². The van der Waals surface area contributed by atoms with Gasteiger partial charge in [-0.3, -0.25) is 9.78 Å². The first kappa shape index (κ1) is 16.0. The van der Waals surface area contributed by atoms with Crippen LogP contribution >= 0.6 is 0 Å². The van der Waals surface area contributed by atoms with Crippen molar-refractivity contribution in [2.75, 3.05) is 12.4 Å².